The Balaban J connectivity index is 1.49. The highest BCUT2D eigenvalue weighted by atomic mass is 16.5. The van der Waals surface area contributed by atoms with E-state index in [0.717, 1.165) is 37.8 Å². The number of rotatable bonds is 6. The van der Waals surface area contributed by atoms with Gasteiger partial charge in [-0.15, -0.1) is 0 Å². The lowest BCUT2D eigenvalue weighted by Crippen LogP contribution is -2.47. The van der Waals surface area contributed by atoms with E-state index in [-0.39, 0.29) is 23.2 Å². The molecule has 1 atom stereocenters. The number of anilines is 1. The smallest absolute Gasteiger partial charge is 0.261 e. The van der Waals surface area contributed by atoms with Crippen LogP contribution in [0.4, 0.5) is 5.82 Å². The molecule has 0 bridgehead atoms. The van der Waals surface area contributed by atoms with Crippen LogP contribution in [-0.4, -0.2) is 63.4 Å². The van der Waals surface area contributed by atoms with Crippen molar-refractivity contribution in [1.82, 2.24) is 24.8 Å². The molecule has 0 saturated carbocycles. The summed E-state index contributed by atoms with van der Waals surface area (Å²) in [5.74, 6) is 1.45. The van der Waals surface area contributed by atoms with Gasteiger partial charge in [0.25, 0.3) is 5.56 Å². The lowest BCUT2D eigenvalue weighted by Gasteiger charge is -2.42. The SMILES string of the molecule is CC(c1nc(NC2CCOCC2)c(C=N)c(=O)[nH]1)N1CC(c2cnccn2)C1. The first kappa shape index (κ1) is 18.7. The standard InChI is InChI=1S/C19H25N7O2/c1-12(26-10-13(11-26)16-9-21-4-5-22-16)17-24-18(15(8-20)19(27)25-17)23-14-2-6-28-7-3-14/h4-5,8-9,12-14,20H,2-3,6-7,10-11H2,1H3,(H2,23,24,25,27). The van der Waals surface area contributed by atoms with Crippen molar-refractivity contribution in [3.63, 3.8) is 0 Å². The molecule has 3 N–H and O–H groups in total. The van der Waals surface area contributed by atoms with Crippen molar-refractivity contribution in [1.29, 1.82) is 5.41 Å². The van der Waals surface area contributed by atoms with Gasteiger partial charge in [-0.25, -0.2) is 4.98 Å². The van der Waals surface area contributed by atoms with E-state index < -0.39 is 0 Å². The average Bonchev–Trinajstić information content (AvgIpc) is 2.68. The number of likely N-dealkylation sites (tertiary alicyclic amines) is 1. The molecule has 0 aliphatic carbocycles. The van der Waals surface area contributed by atoms with E-state index in [1.807, 2.05) is 13.1 Å². The van der Waals surface area contributed by atoms with Gasteiger partial charge in [0.1, 0.15) is 11.6 Å². The molecule has 2 aromatic rings. The van der Waals surface area contributed by atoms with E-state index in [2.05, 4.69) is 30.2 Å². The highest BCUT2D eigenvalue weighted by molar-refractivity contribution is 5.83. The van der Waals surface area contributed by atoms with Crippen LogP contribution < -0.4 is 10.9 Å². The van der Waals surface area contributed by atoms with E-state index in [4.69, 9.17) is 10.1 Å². The molecular formula is C19H25N7O2. The maximum Gasteiger partial charge on any atom is 0.261 e. The molecule has 2 aromatic heterocycles. The molecule has 2 saturated heterocycles. The lowest BCUT2D eigenvalue weighted by molar-refractivity contribution is 0.0900. The third-order valence-electron chi connectivity index (χ3n) is 5.53. The van der Waals surface area contributed by atoms with E-state index >= 15 is 0 Å². The van der Waals surface area contributed by atoms with Gasteiger partial charge >= 0.3 is 0 Å². The molecule has 0 aromatic carbocycles. The lowest BCUT2D eigenvalue weighted by atomic mass is 9.94. The summed E-state index contributed by atoms with van der Waals surface area (Å²) in [6.45, 7) is 5.12. The number of hydrogen-bond donors (Lipinski definition) is 3. The first-order valence-electron chi connectivity index (χ1n) is 9.64. The molecule has 0 spiro atoms. The second-order valence-electron chi connectivity index (χ2n) is 7.35. The van der Waals surface area contributed by atoms with E-state index in [1.165, 1.54) is 0 Å². The summed E-state index contributed by atoms with van der Waals surface area (Å²) in [4.78, 5) is 30.8. The summed E-state index contributed by atoms with van der Waals surface area (Å²) < 4.78 is 5.39. The number of nitrogens with one attached hydrogen (secondary N) is 3. The van der Waals surface area contributed by atoms with Crippen molar-refractivity contribution >= 4 is 12.0 Å². The summed E-state index contributed by atoms with van der Waals surface area (Å²) in [7, 11) is 0. The number of aromatic amines is 1. The fraction of sp³-hybridized carbons (Fsp3) is 0.526. The molecular weight excluding hydrogens is 358 g/mol. The summed E-state index contributed by atoms with van der Waals surface area (Å²) in [6.07, 6.45) is 7.99. The maximum absolute atomic E-state index is 12.5. The number of hydrogen-bond acceptors (Lipinski definition) is 8. The highest BCUT2D eigenvalue weighted by Gasteiger charge is 2.34. The van der Waals surface area contributed by atoms with Crippen molar-refractivity contribution in [3.8, 4) is 0 Å². The zero-order chi connectivity index (χ0) is 19.5. The summed E-state index contributed by atoms with van der Waals surface area (Å²) in [5, 5.41) is 10.9. The molecule has 9 nitrogen and oxygen atoms in total. The normalized spacial score (nSPS) is 19.8. The van der Waals surface area contributed by atoms with Crippen LogP contribution in [0.5, 0.6) is 0 Å². The molecule has 28 heavy (non-hydrogen) atoms. The van der Waals surface area contributed by atoms with Gasteiger partial charge in [-0.05, 0) is 19.8 Å². The van der Waals surface area contributed by atoms with Crippen LogP contribution in [-0.2, 0) is 4.74 Å². The van der Waals surface area contributed by atoms with Gasteiger partial charge in [-0.3, -0.25) is 19.7 Å². The van der Waals surface area contributed by atoms with Crippen molar-refractivity contribution < 1.29 is 4.74 Å². The average molecular weight is 383 g/mol. The summed E-state index contributed by atoms with van der Waals surface area (Å²) >= 11 is 0. The Hall–Kier alpha value is -2.65. The van der Waals surface area contributed by atoms with E-state index in [0.29, 0.717) is 30.8 Å². The molecule has 148 valence electrons. The predicted molar refractivity (Wildman–Crippen MR) is 105 cm³/mol. The fourth-order valence-corrected chi connectivity index (χ4v) is 3.69. The molecule has 2 aliphatic heterocycles. The van der Waals surface area contributed by atoms with Gasteiger partial charge in [0.2, 0.25) is 0 Å². The minimum absolute atomic E-state index is 0.0318. The van der Waals surface area contributed by atoms with Crippen molar-refractivity contribution in [2.75, 3.05) is 31.6 Å². The fourth-order valence-electron chi connectivity index (χ4n) is 3.69. The first-order chi connectivity index (χ1) is 13.7. The maximum atomic E-state index is 12.5. The van der Waals surface area contributed by atoms with Gasteiger partial charge in [0.15, 0.2) is 0 Å². The summed E-state index contributed by atoms with van der Waals surface area (Å²) in [6, 6.07) is 0.172. The Labute approximate surface area is 163 Å². The van der Waals surface area contributed by atoms with E-state index in [9.17, 15) is 4.79 Å². The zero-order valence-electron chi connectivity index (χ0n) is 15.9. The molecule has 9 heteroatoms. The number of ether oxygens (including phenoxy) is 1. The Kier molecular flexibility index (Phi) is 5.45. The van der Waals surface area contributed by atoms with Gasteiger partial charge in [0, 0.05) is 63.1 Å². The summed E-state index contributed by atoms with van der Waals surface area (Å²) in [5.41, 5.74) is 0.976. The van der Waals surface area contributed by atoms with Crippen molar-refractivity contribution in [3.05, 3.63) is 46.0 Å². The Morgan fingerprint density at radius 2 is 2.14 bits per heavy atom. The molecule has 0 radical (unpaired) electrons. The van der Waals surface area contributed by atoms with Crippen LogP contribution in [0.3, 0.4) is 0 Å². The van der Waals surface area contributed by atoms with Crippen molar-refractivity contribution in [2.24, 2.45) is 0 Å². The van der Waals surface area contributed by atoms with Gasteiger partial charge in [0.05, 0.1) is 17.3 Å². The number of H-pyrrole nitrogens is 1. The van der Waals surface area contributed by atoms with Crippen LogP contribution in [0, 0.1) is 5.41 Å². The molecule has 4 heterocycles. The zero-order valence-corrected chi connectivity index (χ0v) is 15.9. The molecule has 2 fully saturated rings. The second-order valence-corrected chi connectivity index (χ2v) is 7.35. The third-order valence-corrected chi connectivity index (χ3v) is 5.53. The molecule has 1 unspecified atom stereocenters. The third kappa shape index (κ3) is 3.81. The number of aromatic nitrogens is 4. The minimum atomic E-state index is -0.285. The van der Waals surface area contributed by atoms with Crippen LogP contribution >= 0.6 is 0 Å². The van der Waals surface area contributed by atoms with Crippen LogP contribution in [0.1, 0.15) is 48.8 Å². The molecule has 4 rings (SSSR count). The first-order valence-corrected chi connectivity index (χ1v) is 9.64. The predicted octanol–water partition coefficient (Wildman–Crippen LogP) is 1.31. The Bertz CT molecular complexity index is 874. The largest absolute Gasteiger partial charge is 0.381 e. The molecule has 0 amide bonds. The molecule has 2 aliphatic rings. The minimum Gasteiger partial charge on any atom is -0.381 e. The van der Waals surface area contributed by atoms with Crippen LogP contribution in [0.15, 0.2) is 23.4 Å². The van der Waals surface area contributed by atoms with Gasteiger partial charge in [-0.2, -0.15) is 0 Å². The van der Waals surface area contributed by atoms with Crippen molar-refractivity contribution in [2.45, 2.75) is 37.8 Å². The topological polar surface area (TPSA) is 120 Å². The number of nitrogens with zero attached hydrogens (tertiary/aromatic N) is 4. The monoisotopic (exact) mass is 383 g/mol. The second kappa shape index (κ2) is 8.15. The quantitative estimate of drug-likeness (QED) is 0.643. The van der Waals surface area contributed by atoms with Gasteiger partial charge in [-0.1, -0.05) is 0 Å². The Morgan fingerprint density at radius 3 is 2.82 bits per heavy atom. The highest BCUT2D eigenvalue weighted by Crippen LogP contribution is 2.32. The van der Waals surface area contributed by atoms with Crippen LogP contribution in [0.25, 0.3) is 0 Å². The van der Waals surface area contributed by atoms with Crippen LogP contribution in [0.2, 0.25) is 0 Å². The Morgan fingerprint density at radius 1 is 1.36 bits per heavy atom. The van der Waals surface area contributed by atoms with Gasteiger partial charge < -0.3 is 20.4 Å². The van der Waals surface area contributed by atoms with E-state index in [1.54, 1.807) is 12.4 Å².